The number of rotatable bonds is 2. The lowest BCUT2D eigenvalue weighted by molar-refractivity contribution is 0.104. The quantitative estimate of drug-likeness (QED) is 0.550. The zero-order valence-electron chi connectivity index (χ0n) is 8.50. The van der Waals surface area contributed by atoms with E-state index in [0.29, 0.717) is 5.03 Å². The van der Waals surface area contributed by atoms with Crippen LogP contribution in [0.25, 0.3) is 0 Å². The summed E-state index contributed by atoms with van der Waals surface area (Å²) < 4.78 is 0. The van der Waals surface area contributed by atoms with Crippen LogP contribution >= 0.6 is 22.9 Å². The van der Waals surface area contributed by atoms with Crippen molar-refractivity contribution in [3.05, 3.63) is 33.5 Å². The van der Waals surface area contributed by atoms with Crippen molar-refractivity contribution in [2.75, 3.05) is 0 Å². The van der Waals surface area contributed by atoms with Gasteiger partial charge in [-0.1, -0.05) is 38.4 Å². The van der Waals surface area contributed by atoms with Crippen molar-refractivity contribution >= 4 is 28.7 Å². The molecule has 1 rings (SSSR count). The molecule has 1 aromatic heterocycles. The molecule has 0 spiro atoms. The van der Waals surface area contributed by atoms with Gasteiger partial charge in [-0.15, -0.1) is 11.3 Å². The van der Waals surface area contributed by atoms with Crippen LogP contribution in [0.4, 0.5) is 0 Å². The van der Waals surface area contributed by atoms with Crippen LogP contribution in [0.5, 0.6) is 0 Å². The molecule has 0 aromatic carbocycles. The fraction of sp³-hybridized carbons (Fsp3) is 0.364. The van der Waals surface area contributed by atoms with E-state index in [1.54, 1.807) is 6.07 Å². The van der Waals surface area contributed by atoms with Gasteiger partial charge in [0.1, 0.15) is 0 Å². The van der Waals surface area contributed by atoms with Gasteiger partial charge in [-0.25, -0.2) is 0 Å². The Bertz CT molecular complexity index is 344. The molecule has 0 atom stereocenters. The third kappa shape index (κ3) is 2.96. The molecule has 0 fully saturated rings. The molecule has 0 aliphatic carbocycles. The summed E-state index contributed by atoms with van der Waals surface area (Å²) in [5, 5.41) is 2.47. The van der Waals surface area contributed by atoms with Crippen LogP contribution in [0.1, 0.15) is 30.4 Å². The van der Waals surface area contributed by atoms with Crippen LogP contribution in [0.3, 0.4) is 0 Å². The first-order valence-corrected chi connectivity index (χ1v) is 5.62. The minimum Gasteiger partial charge on any atom is -0.288 e. The van der Waals surface area contributed by atoms with Crippen molar-refractivity contribution in [3.8, 4) is 0 Å². The van der Waals surface area contributed by atoms with Crippen molar-refractivity contribution in [1.29, 1.82) is 0 Å². The smallest absolute Gasteiger partial charge is 0.196 e. The average Bonchev–Trinajstić information content (AvgIpc) is 2.53. The normalized spacial score (nSPS) is 13.0. The maximum atomic E-state index is 11.6. The van der Waals surface area contributed by atoms with E-state index in [9.17, 15) is 4.79 Å². The number of thiophene rings is 1. The Balaban J connectivity index is 2.84. The van der Waals surface area contributed by atoms with Gasteiger partial charge < -0.3 is 0 Å². The Morgan fingerprint density at radius 1 is 1.50 bits per heavy atom. The molecule has 0 N–H and O–H groups in total. The van der Waals surface area contributed by atoms with E-state index >= 15 is 0 Å². The zero-order chi connectivity index (χ0) is 10.8. The molecule has 0 amide bonds. The lowest BCUT2D eigenvalue weighted by atomic mass is 9.95. The van der Waals surface area contributed by atoms with Crippen molar-refractivity contribution in [3.63, 3.8) is 0 Å². The van der Waals surface area contributed by atoms with E-state index in [-0.39, 0.29) is 11.2 Å². The number of halogens is 1. The van der Waals surface area contributed by atoms with Gasteiger partial charge in [-0.3, -0.25) is 4.79 Å². The van der Waals surface area contributed by atoms with Crippen molar-refractivity contribution in [2.24, 2.45) is 5.41 Å². The van der Waals surface area contributed by atoms with Crippen LogP contribution in [0.15, 0.2) is 28.6 Å². The maximum Gasteiger partial charge on any atom is 0.196 e. The fourth-order valence-electron chi connectivity index (χ4n) is 0.821. The molecule has 0 aliphatic rings. The lowest BCUT2D eigenvalue weighted by Gasteiger charge is -2.16. The third-order valence-corrected chi connectivity index (χ3v) is 3.30. The minimum absolute atomic E-state index is 0.0140. The van der Waals surface area contributed by atoms with Crippen molar-refractivity contribution in [1.82, 2.24) is 0 Å². The second-order valence-corrected chi connectivity index (χ2v) is 5.44. The Kier molecular flexibility index (Phi) is 3.51. The zero-order valence-corrected chi connectivity index (χ0v) is 10.1. The van der Waals surface area contributed by atoms with Gasteiger partial charge in [-0.2, -0.15) is 0 Å². The van der Waals surface area contributed by atoms with E-state index in [0.717, 1.165) is 4.88 Å². The van der Waals surface area contributed by atoms with E-state index in [2.05, 4.69) is 0 Å². The Morgan fingerprint density at radius 3 is 2.57 bits per heavy atom. The second-order valence-electron chi connectivity index (χ2n) is 4.08. The van der Waals surface area contributed by atoms with Crippen LogP contribution < -0.4 is 0 Å². The highest BCUT2D eigenvalue weighted by Crippen LogP contribution is 2.28. The van der Waals surface area contributed by atoms with Crippen LogP contribution in [-0.2, 0) is 0 Å². The SMILES string of the molecule is CC(C)(C)/C(Cl)=C/C(=O)c1cccs1. The fourth-order valence-corrected chi connectivity index (χ4v) is 1.56. The molecule has 76 valence electrons. The molecule has 0 unspecified atom stereocenters. The molecular formula is C11H13ClOS. The number of ketones is 1. The number of hydrogen-bond acceptors (Lipinski definition) is 2. The Hall–Kier alpha value is -0.600. The summed E-state index contributed by atoms with van der Waals surface area (Å²) in [6.07, 6.45) is 1.51. The van der Waals surface area contributed by atoms with Gasteiger partial charge in [0.15, 0.2) is 5.78 Å². The molecule has 0 radical (unpaired) electrons. The summed E-state index contributed by atoms with van der Waals surface area (Å²) in [4.78, 5) is 12.3. The van der Waals surface area contributed by atoms with Gasteiger partial charge in [0.05, 0.1) is 4.88 Å². The predicted molar refractivity (Wildman–Crippen MR) is 62.0 cm³/mol. The summed E-state index contributed by atoms with van der Waals surface area (Å²) in [5.41, 5.74) is -0.158. The lowest BCUT2D eigenvalue weighted by Crippen LogP contribution is -2.06. The van der Waals surface area contributed by atoms with Gasteiger partial charge in [0.25, 0.3) is 0 Å². The highest BCUT2D eigenvalue weighted by Gasteiger charge is 2.16. The van der Waals surface area contributed by atoms with Crippen molar-refractivity contribution in [2.45, 2.75) is 20.8 Å². The Morgan fingerprint density at radius 2 is 2.14 bits per heavy atom. The summed E-state index contributed by atoms with van der Waals surface area (Å²) in [7, 11) is 0. The first kappa shape index (κ1) is 11.5. The van der Waals surface area contributed by atoms with E-state index in [1.165, 1.54) is 17.4 Å². The first-order valence-electron chi connectivity index (χ1n) is 4.37. The van der Waals surface area contributed by atoms with E-state index < -0.39 is 0 Å². The van der Waals surface area contributed by atoms with Crippen molar-refractivity contribution < 1.29 is 4.79 Å². The van der Waals surface area contributed by atoms with Gasteiger partial charge in [0, 0.05) is 11.1 Å². The molecule has 0 saturated carbocycles. The molecule has 3 heteroatoms. The molecule has 14 heavy (non-hydrogen) atoms. The number of allylic oxidation sites excluding steroid dienone is 2. The summed E-state index contributed by atoms with van der Waals surface area (Å²) in [6.45, 7) is 5.94. The average molecular weight is 229 g/mol. The second kappa shape index (κ2) is 4.28. The minimum atomic E-state index is -0.158. The summed E-state index contributed by atoms with van der Waals surface area (Å²) in [5.74, 6) is -0.0140. The third-order valence-electron chi connectivity index (χ3n) is 1.74. The maximum absolute atomic E-state index is 11.6. The number of carbonyl (C=O) groups is 1. The monoisotopic (exact) mass is 228 g/mol. The highest BCUT2D eigenvalue weighted by atomic mass is 35.5. The van der Waals surface area contributed by atoms with Crippen LogP contribution in [0, 0.1) is 5.41 Å². The summed E-state index contributed by atoms with van der Waals surface area (Å²) in [6, 6.07) is 3.66. The van der Waals surface area contributed by atoms with E-state index in [4.69, 9.17) is 11.6 Å². The standard InChI is InChI=1S/C11H13ClOS/c1-11(2,3)10(12)7-8(13)9-5-4-6-14-9/h4-7H,1-3H3/b10-7-. The molecular weight excluding hydrogens is 216 g/mol. The predicted octanol–water partition coefficient (Wildman–Crippen LogP) is 4.10. The molecule has 0 saturated heterocycles. The topological polar surface area (TPSA) is 17.1 Å². The van der Waals surface area contributed by atoms with Gasteiger partial charge in [0.2, 0.25) is 0 Å². The molecule has 1 nitrogen and oxygen atoms in total. The van der Waals surface area contributed by atoms with Gasteiger partial charge >= 0.3 is 0 Å². The molecule has 0 bridgehead atoms. The molecule has 0 aliphatic heterocycles. The van der Waals surface area contributed by atoms with Crippen LogP contribution in [0.2, 0.25) is 0 Å². The Labute approximate surface area is 93.4 Å². The van der Waals surface area contributed by atoms with Gasteiger partial charge in [-0.05, 0) is 16.9 Å². The number of carbonyl (C=O) groups excluding carboxylic acids is 1. The first-order chi connectivity index (χ1) is 6.41. The highest BCUT2D eigenvalue weighted by molar-refractivity contribution is 7.12. The summed E-state index contributed by atoms with van der Waals surface area (Å²) >= 11 is 7.44. The molecule has 1 heterocycles. The molecule has 1 aromatic rings. The number of hydrogen-bond donors (Lipinski definition) is 0. The van der Waals surface area contributed by atoms with E-state index in [1.807, 2.05) is 32.2 Å². The van der Waals surface area contributed by atoms with Crippen LogP contribution in [-0.4, -0.2) is 5.78 Å². The largest absolute Gasteiger partial charge is 0.288 e.